The molecule has 2 aromatic rings. The highest BCUT2D eigenvalue weighted by Gasteiger charge is 2.38. The second-order valence-corrected chi connectivity index (χ2v) is 7.85. The van der Waals surface area contributed by atoms with E-state index in [0.29, 0.717) is 10.7 Å². The van der Waals surface area contributed by atoms with Crippen LogP contribution in [0.5, 0.6) is 0 Å². The van der Waals surface area contributed by atoms with Gasteiger partial charge in [0.05, 0.1) is 5.92 Å². The van der Waals surface area contributed by atoms with Crippen molar-refractivity contribution in [2.24, 2.45) is 5.92 Å². The second-order valence-electron chi connectivity index (χ2n) is 7.06. The van der Waals surface area contributed by atoms with Crippen LogP contribution in [0.4, 0.5) is 10.1 Å². The fourth-order valence-electron chi connectivity index (χ4n) is 3.37. The van der Waals surface area contributed by atoms with Gasteiger partial charge in [0.25, 0.3) is 0 Å². The first-order valence-electron chi connectivity index (χ1n) is 9.43. The Kier molecular flexibility index (Phi) is 7.10. The molecule has 1 aliphatic rings. The fourth-order valence-corrected chi connectivity index (χ4v) is 3.73. The highest BCUT2D eigenvalue weighted by atomic mass is 35.5. The summed E-state index contributed by atoms with van der Waals surface area (Å²) < 4.78 is 18.6. The molecule has 0 radical (unpaired) electrons. The average molecular weight is 452 g/mol. The molecule has 0 N–H and O–H groups in total. The minimum atomic E-state index is -1.10. The highest BCUT2D eigenvalue weighted by molar-refractivity contribution is 6.31. The molecule has 0 unspecified atom stereocenters. The van der Waals surface area contributed by atoms with E-state index in [1.54, 1.807) is 25.1 Å². The normalized spacial score (nSPS) is 17.1. The Balaban J connectivity index is 1.72. The van der Waals surface area contributed by atoms with Gasteiger partial charge in [-0.15, -0.1) is 11.6 Å². The molecule has 1 saturated heterocycles. The van der Waals surface area contributed by atoms with Crippen molar-refractivity contribution < 1.29 is 23.5 Å². The van der Waals surface area contributed by atoms with E-state index in [9.17, 15) is 18.8 Å². The Labute approximate surface area is 183 Å². The number of amides is 1. The summed E-state index contributed by atoms with van der Waals surface area (Å²) in [6.45, 7) is 1.94. The number of alkyl halides is 1. The van der Waals surface area contributed by atoms with Gasteiger partial charge in [0.15, 0.2) is 6.10 Å². The summed E-state index contributed by atoms with van der Waals surface area (Å²) >= 11 is 11.9. The molecule has 8 heteroatoms. The molecule has 2 aromatic carbocycles. The van der Waals surface area contributed by atoms with Crippen molar-refractivity contribution in [2.75, 3.05) is 17.3 Å². The van der Waals surface area contributed by atoms with Crippen LogP contribution in [0.3, 0.4) is 0 Å². The number of ketones is 1. The van der Waals surface area contributed by atoms with Gasteiger partial charge >= 0.3 is 5.97 Å². The lowest BCUT2D eigenvalue weighted by Crippen LogP contribution is -2.32. The summed E-state index contributed by atoms with van der Waals surface area (Å²) in [5, 5.41) is 0.526. The standard InChI is InChI=1S/C22H20Cl2FNO4/c1-13-17(24)3-2-4-18(13)26-12-15(11-20(26)27)22(29)30-19(9-10-23)21(28)14-5-7-16(25)8-6-14/h2-8,15,19H,9-12H2,1H3/t15-,19+/m1/s1. The lowest BCUT2D eigenvalue weighted by Gasteiger charge is -2.21. The number of hydrogen-bond donors (Lipinski definition) is 0. The van der Waals surface area contributed by atoms with Gasteiger partial charge in [0, 0.05) is 41.5 Å². The van der Waals surface area contributed by atoms with Gasteiger partial charge in [-0.25, -0.2) is 4.39 Å². The quantitative estimate of drug-likeness (QED) is 0.351. The number of rotatable bonds is 7. The van der Waals surface area contributed by atoms with Gasteiger partial charge in [-0.3, -0.25) is 14.4 Å². The third-order valence-corrected chi connectivity index (χ3v) is 5.67. The molecule has 1 fully saturated rings. The third-order valence-electron chi connectivity index (χ3n) is 5.04. The zero-order valence-electron chi connectivity index (χ0n) is 16.2. The summed E-state index contributed by atoms with van der Waals surface area (Å²) in [6, 6.07) is 10.2. The van der Waals surface area contributed by atoms with Crippen molar-refractivity contribution in [2.45, 2.75) is 25.9 Å². The van der Waals surface area contributed by atoms with Crippen molar-refractivity contribution in [1.82, 2.24) is 0 Å². The monoisotopic (exact) mass is 451 g/mol. The smallest absolute Gasteiger partial charge is 0.312 e. The third kappa shape index (κ3) is 4.82. The van der Waals surface area contributed by atoms with Crippen LogP contribution >= 0.6 is 23.2 Å². The van der Waals surface area contributed by atoms with E-state index in [2.05, 4.69) is 0 Å². The summed E-state index contributed by atoms with van der Waals surface area (Å²) in [5.41, 5.74) is 1.61. The number of carbonyl (C=O) groups is 3. The van der Waals surface area contributed by atoms with Gasteiger partial charge in [-0.2, -0.15) is 0 Å². The molecule has 1 heterocycles. The fraction of sp³-hybridized carbons (Fsp3) is 0.318. The first kappa shape index (κ1) is 22.2. The number of hydrogen-bond acceptors (Lipinski definition) is 4. The molecular formula is C22H20Cl2FNO4. The lowest BCUT2D eigenvalue weighted by atomic mass is 10.0. The van der Waals surface area contributed by atoms with E-state index >= 15 is 0 Å². The lowest BCUT2D eigenvalue weighted by molar-refractivity contribution is -0.151. The molecule has 158 valence electrons. The van der Waals surface area contributed by atoms with Crippen molar-refractivity contribution in [3.63, 3.8) is 0 Å². The highest BCUT2D eigenvalue weighted by Crippen LogP contribution is 2.32. The number of carbonyl (C=O) groups excluding carboxylic acids is 3. The van der Waals surface area contributed by atoms with Gasteiger partial charge < -0.3 is 9.64 Å². The van der Waals surface area contributed by atoms with Crippen LogP contribution in [0, 0.1) is 18.7 Å². The number of Topliss-reactive ketones (excluding diaryl/α,β-unsaturated/α-hetero) is 1. The van der Waals surface area contributed by atoms with Gasteiger partial charge in [-0.05, 0) is 48.9 Å². The summed E-state index contributed by atoms with van der Waals surface area (Å²) in [7, 11) is 0. The Morgan fingerprint density at radius 2 is 1.93 bits per heavy atom. The van der Waals surface area contributed by atoms with Crippen LogP contribution in [-0.2, 0) is 14.3 Å². The van der Waals surface area contributed by atoms with E-state index in [1.165, 1.54) is 17.0 Å². The molecule has 30 heavy (non-hydrogen) atoms. The number of anilines is 1. The summed E-state index contributed by atoms with van der Waals surface area (Å²) in [6.07, 6.45) is -1.01. The van der Waals surface area contributed by atoms with Crippen LogP contribution in [0.15, 0.2) is 42.5 Å². The zero-order chi connectivity index (χ0) is 21.8. The van der Waals surface area contributed by atoms with E-state index in [0.717, 1.165) is 17.7 Å². The van der Waals surface area contributed by atoms with Gasteiger partial charge in [-0.1, -0.05) is 17.7 Å². The average Bonchev–Trinajstić information content (AvgIpc) is 3.11. The number of esters is 1. The van der Waals surface area contributed by atoms with Gasteiger partial charge in [0.2, 0.25) is 11.7 Å². The zero-order valence-corrected chi connectivity index (χ0v) is 17.8. The number of ether oxygens (including phenoxy) is 1. The Hall–Kier alpha value is -2.44. The largest absolute Gasteiger partial charge is 0.454 e. The van der Waals surface area contributed by atoms with Crippen molar-refractivity contribution >= 4 is 46.5 Å². The summed E-state index contributed by atoms with van der Waals surface area (Å²) in [5.74, 6) is -2.41. The van der Waals surface area contributed by atoms with Crippen LogP contribution in [0.2, 0.25) is 5.02 Å². The van der Waals surface area contributed by atoms with Crippen LogP contribution < -0.4 is 4.90 Å². The predicted molar refractivity (Wildman–Crippen MR) is 113 cm³/mol. The van der Waals surface area contributed by atoms with E-state index in [1.807, 2.05) is 0 Å². The molecule has 1 aliphatic heterocycles. The summed E-state index contributed by atoms with van der Waals surface area (Å²) in [4.78, 5) is 39.4. The molecule has 3 rings (SSSR count). The molecule has 0 saturated carbocycles. The van der Waals surface area contributed by atoms with Crippen LogP contribution in [0.25, 0.3) is 0 Å². The Morgan fingerprint density at radius 3 is 2.60 bits per heavy atom. The number of nitrogens with zero attached hydrogens (tertiary/aromatic N) is 1. The molecule has 1 amide bonds. The molecule has 5 nitrogen and oxygen atoms in total. The molecular weight excluding hydrogens is 432 g/mol. The second kappa shape index (κ2) is 9.58. The Bertz CT molecular complexity index is 964. The molecule has 0 spiro atoms. The maximum absolute atomic E-state index is 13.1. The number of halogens is 3. The van der Waals surface area contributed by atoms with Crippen LogP contribution in [0.1, 0.15) is 28.8 Å². The van der Waals surface area contributed by atoms with Crippen molar-refractivity contribution in [3.05, 3.63) is 64.4 Å². The van der Waals surface area contributed by atoms with Gasteiger partial charge in [0.1, 0.15) is 5.82 Å². The number of benzene rings is 2. The first-order chi connectivity index (χ1) is 14.3. The maximum atomic E-state index is 13.1. The predicted octanol–water partition coefficient (Wildman–Crippen LogP) is 4.56. The van der Waals surface area contributed by atoms with Crippen LogP contribution in [-0.4, -0.2) is 36.2 Å². The molecule has 0 bridgehead atoms. The maximum Gasteiger partial charge on any atom is 0.312 e. The topological polar surface area (TPSA) is 63.7 Å². The minimum absolute atomic E-state index is 0.0247. The van der Waals surface area contributed by atoms with Crippen molar-refractivity contribution in [3.8, 4) is 0 Å². The molecule has 0 aliphatic carbocycles. The molecule has 0 aromatic heterocycles. The Morgan fingerprint density at radius 1 is 1.23 bits per heavy atom. The van der Waals surface area contributed by atoms with E-state index in [-0.39, 0.29) is 36.7 Å². The SMILES string of the molecule is Cc1c(Cl)cccc1N1C[C@H](C(=O)O[C@@H](CCCl)C(=O)c2ccc(F)cc2)CC1=O. The van der Waals surface area contributed by atoms with E-state index in [4.69, 9.17) is 27.9 Å². The minimum Gasteiger partial charge on any atom is -0.454 e. The van der Waals surface area contributed by atoms with Crippen molar-refractivity contribution in [1.29, 1.82) is 0 Å². The van der Waals surface area contributed by atoms with E-state index < -0.39 is 29.6 Å². The first-order valence-corrected chi connectivity index (χ1v) is 10.3. The molecule has 2 atom stereocenters.